The second kappa shape index (κ2) is 10.8. The van der Waals surface area contributed by atoms with E-state index in [4.69, 9.17) is 24.4 Å². The molecule has 0 amide bonds. The summed E-state index contributed by atoms with van der Waals surface area (Å²) >= 11 is 17.8. The van der Waals surface area contributed by atoms with Crippen LogP contribution in [0, 0.1) is 0 Å². The first kappa shape index (κ1) is 17.9. The van der Waals surface area contributed by atoms with Crippen LogP contribution in [-0.4, -0.2) is 14.4 Å². The first-order valence-electron chi connectivity index (χ1n) is 2.49. The minimum atomic E-state index is 0.877. The van der Waals surface area contributed by atoms with Crippen LogP contribution in [0.1, 0.15) is 0 Å². The summed E-state index contributed by atoms with van der Waals surface area (Å²) in [5.74, 6) is 0. The molecule has 0 atom stereocenters. The predicted octanol–water partition coefficient (Wildman–Crippen LogP) is 2.69. The van der Waals surface area contributed by atoms with E-state index in [-0.39, 0.29) is 0 Å². The SMILES string of the molecule is S=C([S][Mo])[N]([Mo])SS[N]([Mo])C(=S)[S][Mo]. The van der Waals surface area contributed by atoms with E-state index in [0.717, 1.165) is 8.64 Å². The van der Waals surface area contributed by atoms with E-state index >= 15 is 0 Å². The molecule has 12 heteroatoms. The van der Waals surface area contributed by atoms with Crippen molar-refractivity contribution in [3.8, 4) is 0 Å². The maximum atomic E-state index is 5.13. The second-order valence-corrected chi connectivity index (χ2v) is 11.2. The normalized spacial score (nSPS) is 9.43. The van der Waals surface area contributed by atoms with Gasteiger partial charge in [0.15, 0.2) is 0 Å². The number of thiocarbonyl (C=S) groups is 2. The zero-order valence-electron chi connectivity index (χ0n) is 5.98. The van der Waals surface area contributed by atoms with E-state index in [1.165, 1.54) is 0 Å². The molecule has 78 valence electrons. The van der Waals surface area contributed by atoms with Gasteiger partial charge in [-0.1, -0.05) is 0 Å². The molecule has 0 fully saturated rings. The van der Waals surface area contributed by atoms with Crippen molar-refractivity contribution in [1.29, 1.82) is 0 Å². The van der Waals surface area contributed by atoms with Gasteiger partial charge < -0.3 is 0 Å². The van der Waals surface area contributed by atoms with E-state index in [2.05, 4.69) is 0 Å². The van der Waals surface area contributed by atoms with Gasteiger partial charge in [0.2, 0.25) is 0 Å². The van der Waals surface area contributed by atoms with Crippen molar-refractivity contribution in [3.05, 3.63) is 0 Å². The van der Waals surface area contributed by atoms with Crippen LogP contribution in [0.15, 0.2) is 0 Å². The van der Waals surface area contributed by atoms with E-state index in [1.54, 1.807) is 40.9 Å². The molecule has 0 rings (SSSR count). The third-order valence-electron chi connectivity index (χ3n) is 0.609. The van der Waals surface area contributed by atoms with E-state index in [1.807, 2.05) is 82.9 Å². The van der Waals surface area contributed by atoms with Crippen LogP contribution < -0.4 is 0 Å². The molecule has 0 aliphatic carbocycles. The molecule has 0 aromatic heterocycles. The van der Waals surface area contributed by atoms with Gasteiger partial charge in [-0.3, -0.25) is 0 Å². The molecule has 0 aliphatic rings. The molecule has 0 saturated heterocycles. The molecular formula is C2Mo4N2S6. The molecule has 0 saturated carbocycles. The molecular weight excluding hydrogens is 628 g/mol. The van der Waals surface area contributed by atoms with Crippen molar-refractivity contribution in [2.45, 2.75) is 0 Å². The Balaban J connectivity index is 3.82. The van der Waals surface area contributed by atoms with Crippen molar-refractivity contribution >= 4 is 74.0 Å². The van der Waals surface area contributed by atoms with Crippen molar-refractivity contribution < 1.29 is 77.2 Å². The summed E-state index contributed by atoms with van der Waals surface area (Å²) in [6.07, 6.45) is 0. The number of nitrogens with zero attached hydrogens (tertiary/aromatic N) is 2. The van der Waals surface area contributed by atoms with Crippen LogP contribution in [0.25, 0.3) is 0 Å². The summed E-state index contributed by atoms with van der Waals surface area (Å²) in [5.41, 5.74) is 0. The monoisotopic (exact) mass is 635 g/mol. The standard InChI is InChI=1S/C2H4N2S6.4Mo/c5-1(6)3-9-10-4-2(7)8;;;;/h(H4,3,4,5,6,7,8);;;;/q;4*+1/p-4. The molecule has 2 nitrogen and oxygen atoms in total. The van der Waals surface area contributed by atoms with Crippen molar-refractivity contribution in [2.24, 2.45) is 0 Å². The van der Waals surface area contributed by atoms with Gasteiger partial charge in [-0.15, -0.1) is 0 Å². The number of hydrogen-bond acceptors (Lipinski definition) is 6. The molecule has 0 N–H and O–H groups in total. The van der Waals surface area contributed by atoms with Crippen LogP contribution in [0.4, 0.5) is 0 Å². The number of rotatable bonds is 3. The first-order valence-corrected chi connectivity index (χ1v) is 13.6. The van der Waals surface area contributed by atoms with Gasteiger partial charge in [-0.25, -0.2) is 0 Å². The third-order valence-corrected chi connectivity index (χ3v) is 13.1. The van der Waals surface area contributed by atoms with Crippen molar-refractivity contribution in [3.63, 3.8) is 0 Å². The second-order valence-electron chi connectivity index (χ2n) is 1.36. The molecule has 0 aliphatic heterocycles. The fourth-order valence-electron chi connectivity index (χ4n) is 0.182. The summed E-state index contributed by atoms with van der Waals surface area (Å²) in [6.45, 7) is 0. The average molecular weight is 628 g/mol. The van der Waals surface area contributed by atoms with Crippen LogP contribution in [0.5, 0.6) is 0 Å². The van der Waals surface area contributed by atoms with Crippen LogP contribution in [-0.2, 0) is 77.2 Å². The Labute approximate surface area is 154 Å². The Morgan fingerprint density at radius 1 is 0.857 bits per heavy atom. The van der Waals surface area contributed by atoms with Gasteiger partial charge in [0, 0.05) is 0 Å². The quantitative estimate of drug-likeness (QED) is 0.202. The molecule has 14 heavy (non-hydrogen) atoms. The van der Waals surface area contributed by atoms with Gasteiger partial charge in [-0.05, 0) is 0 Å². The summed E-state index contributed by atoms with van der Waals surface area (Å²) in [6, 6.07) is 0. The van der Waals surface area contributed by atoms with Gasteiger partial charge in [0.25, 0.3) is 0 Å². The van der Waals surface area contributed by atoms with Gasteiger partial charge in [0.1, 0.15) is 0 Å². The molecule has 0 radical (unpaired) electrons. The summed E-state index contributed by atoms with van der Waals surface area (Å²) in [5, 5.41) is 0. The Kier molecular flexibility index (Phi) is 13.9. The minimum absolute atomic E-state index is 0.877. The number of hydrogen-bond donors (Lipinski definition) is 0. The Morgan fingerprint density at radius 2 is 1.14 bits per heavy atom. The third kappa shape index (κ3) is 8.11. The Bertz CT molecular complexity index is 192. The van der Waals surface area contributed by atoms with Gasteiger partial charge in [-0.2, -0.15) is 0 Å². The molecule has 0 heterocycles. The topological polar surface area (TPSA) is 6.48 Å². The fraction of sp³-hybridized carbons (Fsp3) is 0. The maximum absolute atomic E-state index is 5.13. The van der Waals surface area contributed by atoms with E-state index < -0.39 is 0 Å². The van der Waals surface area contributed by atoms with Crippen molar-refractivity contribution in [1.82, 2.24) is 5.73 Å². The zero-order chi connectivity index (χ0) is 11.1. The predicted molar refractivity (Wildman–Crippen MR) is 59.2 cm³/mol. The van der Waals surface area contributed by atoms with Crippen LogP contribution in [0.2, 0.25) is 0 Å². The van der Waals surface area contributed by atoms with E-state index in [9.17, 15) is 0 Å². The molecule has 0 aromatic rings. The van der Waals surface area contributed by atoms with Gasteiger partial charge in [0.05, 0.1) is 0 Å². The fourth-order valence-corrected chi connectivity index (χ4v) is 8.21. The molecule has 0 unspecified atom stereocenters. The molecule has 0 bridgehead atoms. The molecule has 0 aromatic carbocycles. The van der Waals surface area contributed by atoms with Crippen LogP contribution in [0.3, 0.4) is 0 Å². The Morgan fingerprint density at radius 3 is 1.36 bits per heavy atom. The molecule has 0 spiro atoms. The zero-order valence-corrected chi connectivity index (χ0v) is 18.9. The van der Waals surface area contributed by atoms with Gasteiger partial charge >= 0.3 is 157 Å². The first-order chi connectivity index (χ1) is 6.52. The Hall–Kier alpha value is 3.93. The summed E-state index contributed by atoms with van der Waals surface area (Å²) < 4.78 is 5.68. The van der Waals surface area contributed by atoms with E-state index in [0.29, 0.717) is 0 Å². The van der Waals surface area contributed by atoms with Crippen LogP contribution >= 0.6 is 65.3 Å². The summed E-state index contributed by atoms with van der Waals surface area (Å²) in [4.78, 5) is 0. The summed E-state index contributed by atoms with van der Waals surface area (Å²) in [7, 11) is 6.33. The van der Waals surface area contributed by atoms with Crippen molar-refractivity contribution in [2.75, 3.05) is 0 Å². The average Bonchev–Trinajstić information content (AvgIpc) is 2.22.